The molecule has 1 aromatic rings. The summed E-state index contributed by atoms with van der Waals surface area (Å²) in [6, 6.07) is 3.51. The average Bonchev–Trinajstić information content (AvgIpc) is 2.62. The summed E-state index contributed by atoms with van der Waals surface area (Å²) >= 11 is 0. The summed E-state index contributed by atoms with van der Waals surface area (Å²) in [6.07, 6.45) is 7.77. The fourth-order valence-electron chi connectivity index (χ4n) is 2.27. The molecule has 0 heterocycles. The number of carbonyl (C=O) groups is 3. The molecule has 0 fully saturated rings. The minimum atomic E-state index is -0.683. The monoisotopic (exact) mass is 392 g/mol. The fourth-order valence-corrected chi connectivity index (χ4v) is 2.27. The quantitative estimate of drug-likeness (QED) is 0.276. The predicted molar refractivity (Wildman–Crippen MR) is 110 cm³/mol. The molecule has 0 saturated carbocycles. The molecule has 0 aliphatic heterocycles. The molecule has 1 rings (SSSR count). The van der Waals surface area contributed by atoms with Gasteiger partial charge in [0.2, 0.25) is 11.8 Å². The number of rotatable bonds is 10. The Morgan fingerprint density at radius 1 is 1.11 bits per heavy atom. The minimum absolute atomic E-state index is 0.230. The summed E-state index contributed by atoms with van der Waals surface area (Å²) in [5.74, 6) is -1.20. The number of hydrogen-bond donors (Lipinski definition) is 4. The summed E-state index contributed by atoms with van der Waals surface area (Å²) in [6.45, 7) is 5.67. The van der Waals surface area contributed by atoms with Crippen molar-refractivity contribution in [1.29, 1.82) is 0 Å². The second-order valence-electron chi connectivity index (χ2n) is 6.49. The molecular weight excluding hydrogens is 360 g/mol. The maximum atomic E-state index is 11.8. The average molecular weight is 392 g/mol. The topological polar surface area (TPSA) is 130 Å². The van der Waals surface area contributed by atoms with Crippen LogP contribution in [0.15, 0.2) is 24.3 Å². The van der Waals surface area contributed by atoms with Gasteiger partial charge in [0.25, 0.3) is 0 Å². The number of phenols is 2. The predicted octanol–water partition coefficient (Wildman–Crippen LogP) is 3.04. The zero-order chi connectivity index (χ0) is 21.5. The Bertz CT molecular complexity index is 671. The molecule has 0 radical (unpaired) electrons. The molecule has 2 amide bonds. The number of primary amides is 1. The number of benzene rings is 1. The molecule has 0 aliphatic rings. The molecule has 0 aromatic heterocycles. The number of carbonyl (C=O) groups excluding carboxylic acids is 3. The Hall–Kier alpha value is -2.83. The van der Waals surface area contributed by atoms with E-state index >= 15 is 0 Å². The molecule has 7 heteroatoms. The van der Waals surface area contributed by atoms with Crippen LogP contribution in [0.25, 0.3) is 6.08 Å². The van der Waals surface area contributed by atoms with E-state index in [0.717, 1.165) is 32.1 Å². The highest BCUT2D eigenvalue weighted by molar-refractivity contribution is 5.95. The molecule has 1 unspecified atom stereocenters. The van der Waals surface area contributed by atoms with Crippen LogP contribution in [0, 0.1) is 0 Å². The number of unbranched alkanes of at least 4 members (excludes halogenated alkanes) is 2. The molecule has 156 valence electrons. The Kier molecular flexibility index (Phi) is 12.8. The van der Waals surface area contributed by atoms with Crippen LogP contribution in [0.4, 0.5) is 0 Å². The van der Waals surface area contributed by atoms with Gasteiger partial charge < -0.3 is 26.1 Å². The third kappa shape index (κ3) is 11.7. The van der Waals surface area contributed by atoms with Crippen molar-refractivity contribution in [1.82, 2.24) is 5.32 Å². The van der Waals surface area contributed by atoms with Gasteiger partial charge in [-0.05, 0) is 43.5 Å². The number of hydrogen-bond acceptors (Lipinski definition) is 5. The van der Waals surface area contributed by atoms with E-state index in [4.69, 9.17) is 5.73 Å². The smallest absolute Gasteiger partial charge is 0.244 e. The van der Waals surface area contributed by atoms with Crippen LogP contribution < -0.4 is 11.1 Å². The van der Waals surface area contributed by atoms with Crippen molar-refractivity contribution >= 4 is 23.7 Å². The lowest BCUT2D eigenvalue weighted by atomic mass is 10.1. The molecule has 5 N–H and O–H groups in total. The SMILES string of the molecule is CCCC(C)=O.CCCCCC(NC(=O)/C=C/c1ccc(O)c(O)c1)C(N)=O. The number of aromatic hydroxyl groups is 2. The summed E-state index contributed by atoms with van der Waals surface area (Å²) in [5, 5.41) is 21.1. The zero-order valence-electron chi connectivity index (χ0n) is 16.9. The first-order chi connectivity index (χ1) is 13.2. The molecule has 0 saturated heterocycles. The van der Waals surface area contributed by atoms with Crippen LogP contribution in [0.3, 0.4) is 0 Å². The van der Waals surface area contributed by atoms with Crippen LogP contribution >= 0.6 is 0 Å². The normalized spacial score (nSPS) is 11.4. The van der Waals surface area contributed by atoms with Crippen molar-refractivity contribution in [3.63, 3.8) is 0 Å². The van der Waals surface area contributed by atoms with E-state index in [-0.39, 0.29) is 17.3 Å². The Balaban J connectivity index is 0.00000105. The molecule has 1 aromatic carbocycles. The number of nitrogens with one attached hydrogen (secondary N) is 1. The van der Waals surface area contributed by atoms with Crippen LogP contribution in [-0.2, 0) is 14.4 Å². The summed E-state index contributed by atoms with van der Waals surface area (Å²) < 4.78 is 0. The van der Waals surface area contributed by atoms with E-state index in [2.05, 4.69) is 5.32 Å². The first kappa shape index (κ1) is 25.2. The van der Waals surface area contributed by atoms with Crippen molar-refractivity contribution in [2.24, 2.45) is 5.73 Å². The molecule has 0 bridgehead atoms. The maximum absolute atomic E-state index is 11.8. The minimum Gasteiger partial charge on any atom is -0.504 e. The second kappa shape index (κ2) is 14.3. The van der Waals surface area contributed by atoms with Crippen LogP contribution in [0.1, 0.15) is 64.9 Å². The second-order valence-corrected chi connectivity index (χ2v) is 6.49. The molecule has 0 spiro atoms. The Labute approximate surface area is 166 Å². The molecule has 28 heavy (non-hydrogen) atoms. The highest BCUT2D eigenvalue weighted by atomic mass is 16.3. The lowest BCUT2D eigenvalue weighted by molar-refractivity contribution is -0.125. The third-order valence-corrected chi connectivity index (χ3v) is 3.78. The van der Waals surface area contributed by atoms with Gasteiger partial charge in [-0.1, -0.05) is 39.2 Å². The van der Waals surface area contributed by atoms with E-state index < -0.39 is 17.9 Å². The van der Waals surface area contributed by atoms with E-state index in [9.17, 15) is 24.6 Å². The van der Waals surface area contributed by atoms with E-state index in [0.29, 0.717) is 12.0 Å². The van der Waals surface area contributed by atoms with Gasteiger partial charge in [0.1, 0.15) is 11.8 Å². The van der Waals surface area contributed by atoms with Gasteiger partial charge >= 0.3 is 0 Å². The van der Waals surface area contributed by atoms with Crippen molar-refractivity contribution in [2.75, 3.05) is 0 Å². The van der Waals surface area contributed by atoms with Crippen LogP contribution in [0.2, 0.25) is 0 Å². The summed E-state index contributed by atoms with van der Waals surface area (Å²) in [7, 11) is 0. The third-order valence-electron chi connectivity index (χ3n) is 3.78. The van der Waals surface area contributed by atoms with Crippen molar-refractivity contribution in [3.8, 4) is 11.5 Å². The van der Waals surface area contributed by atoms with Gasteiger partial charge in [-0.3, -0.25) is 9.59 Å². The lowest BCUT2D eigenvalue weighted by Crippen LogP contribution is -2.43. The molecule has 0 aliphatic carbocycles. The van der Waals surface area contributed by atoms with Gasteiger partial charge in [0, 0.05) is 12.5 Å². The first-order valence-electron chi connectivity index (χ1n) is 9.50. The van der Waals surface area contributed by atoms with Crippen molar-refractivity contribution in [3.05, 3.63) is 29.8 Å². The summed E-state index contributed by atoms with van der Waals surface area (Å²) in [4.78, 5) is 33.2. The number of Topliss-reactive ketones (excluding diaryl/α,β-unsaturated/α-hetero) is 1. The largest absolute Gasteiger partial charge is 0.504 e. The van der Waals surface area contributed by atoms with E-state index in [1.807, 2.05) is 13.8 Å². The van der Waals surface area contributed by atoms with Crippen LogP contribution in [-0.4, -0.2) is 33.9 Å². The standard InChI is InChI=1S/C16H22N2O4.C5H10O/c1-2-3-4-5-12(16(17)22)18-15(21)9-7-11-6-8-13(19)14(20)10-11;1-3-4-5(2)6/h6-10,12,19-20H,2-5H2,1H3,(H2,17,22)(H,18,21);3-4H2,1-2H3/b9-7+;. The number of phenolic OH excluding ortho intramolecular Hbond substituents is 2. The number of amides is 2. The highest BCUT2D eigenvalue weighted by Gasteiger charge is 2.16. The fraction of sp³-hybridized carbons (Fsp3) is 0.476. The molecular formula is C21H32N2O5. The van der Waals surface area contributed by atoms with E-state index in [1.165, 1.54) is 24.3 Å². The van der Waals surface area contributed by atoms with Gasteiger partial charge in [-0.2, -0.15) is 0 Å². The number of ketones is 1. The van der Waals surface area contributed by atoms with Gasteiger partial charge in [-0.15, -0.1) is 0 Å². The zero-order valence-corrected chi connectivity index (χ0v) is 16.9. The molecule has 1 atom stereocenters. The van der Waals surface area contributed by atoms with Gasteiger partial charge in [0.15, 0.2) is 11.5 Å². The van der Waals surface area contributed by atoms with Crippen molar-refractivity contribution < 1.29 is 24.6 Å². The van der Waals surface area contributed by atoms with E-state index in [1.54, 1.807) is 13.0 Å². The van der Waals surface area contributed by atoms with Crippen molar-refractivity contribution in [2.45, 2.75) is 65.3 Å². The highest BCUT2D eigenvalue weighted by Crippen LogP contribution is 2.25. The Morgan fingerprint density at radius 3 is 2.25 bits per heavy atom. The maximum Gasteiger partial charge on any atom is 0.244 e. The Morgan fingerprint density at radius 2 is 1.79 bits per heavy atom. The summed E-state index contributed by atoms with van der Waals surface area (Å²) in [5.41, 5.74) is 5.82. The lowest BCUT2D eigenvalue weighted by Gasteiger charge is -2.13. The molecule has 7 nitrogen and oxygen atoms in total. The van der Waals surface area contributed by atoms with Gasteiger partial charge in [-0.25, -0.2) is 0 Å². The first-order valence-corrected chi connectivity index (χ1v) is 9.50. The van der Waals surface area contributed by atoms with Gasteiger partial charge in [0.05, 0.1) is 0 Å². The van der Waals surface area contributed by atoms with Crippen LogP contribution in [0.5, 0.6) is 11.5 Å². The number of nitrogens with two attached hydrogens (primary N) is 1.